The van der Waals surface area contributed by atoms with Crippen LogP contribution in [0.4, 0.5) is 5.69 Å². The van der Waals surface area contributed by atoms with E-state index in [4.69, 9.17) is 0 Å². The van der Waals surface area contributed by atoms with Gasteiger partial charge in [0.2, 0.25) is 0 Å². The largest absolute Gasteiger partial charge is 0.329 e. The summed E-state index contributed by atoms with van der Waals surface area (Å²) in [6, 6.07) is 8.35. The van der Waals surface area contributed by atoms with Gasteiger partial charge in [0.25, 0.3) is 17.5 Å². The first kappa shape index (κ1) is 20.0. The van der Waals surface area contributed by atoms with Crippen LogP contribution < -0.4 is 10.9 Å². The molecule has 0 bridgehead atoms. The number of carbonyl (C=O) groups excluding carboxylic acids is 3. The molecule has 1 aromatic heterocycles. The van der Waals surface area contributed by atoms with E-state index in [-0.39, 0.29) is 24.3 Å². The maximum absolute atomic E-state index is 12.5. The van der Waals surface area contributed by atoms with Gasteiger partial charge in [0.1, 0.15) is 6.54 Å². The average molecular weight is 388 g/mol. The minimum absolute atomic E-state index is 0.134. The molecule has 10 heteroatoms. The predicted octanol–water partition coefficient (Wildman–Crippen LogP) is 2.00. The van der Waals surface area contributed by atoms with Crippen molar-refractivity contribution in [3.8, 4) is 0 Å². The molecule has 0 unspecified atom stereocenters. The second-order valence-electron chi connectivity index (χ2n) is 5.41. The molecule has 0 aliphatic heterocycles. The number of amides is 3. The van der Waals surface area contributed by atoms with E-state index in [1.165, 1.54) is 40.5 Å². The summed E-state index contributed by atoms with van der Waals surface area (Å²) in [5.74, 6) is -1.81. The number of rotatable bonds is 7. The highest BCUT2D eigenvalue weighted by Gasteiger charge is 2.21. The molecule has 0 aliphatic carbocycles. The number of nitro benzene ring substituents is 1. The predicted molar refractivity (Wildman–Crippen MR) is 97.2 cm³/mol. The fraction of sp³-hybridized carbons (Fsp3) is 0.235. The van der Waals surface area contributed by atoms with Gasteiger partial charge in [-0.05, 0) is 30.0 Å². The Labute approximate surface area is 159 Å². The highest BCUT2D eigenvalue weighted by molar-refractivity contribution is 7.12. The summed E-state index contributed by atoms with van der Waals surface area (Å²) < 4.78 is 0. The average Bonchev–Trinajstić information content (AvgIpc) is 3.20. The third-order valence-corrected chi connectivity index (χ3v) is 4.27. The molecular formula is C17H16N4O5S. The number of nitro groups is 1. The van der Waals surface area contributed by atoms with Crippen molar-refractivity contribution in [3.05, 3.63) is 62.3 Å². The zero-order valence-corrected chi connectivity index (χ0v) is 15.2. The van der Waals surface area contributed by atoms with E-state index in [9.17, 15) is 24.5 Å². The summed E-state index contributed by atoms with van der Waals surface area (Å²) >= 11 is 1.18. The number of hydrogen-bond acceptors (Lipinski definition) is 6. The molecule has 0 saturated carbocycles. The van der Waals surface area contributed by atoms with Crippen molar-refractivity contribution >= 4 is 34.7 Å². The number of hydrogen-bond donors (Lipinski definition) is 0. The molecule has 27 heavy (non-hydrogen) atoms. The second-order valence-corrected chi connectivity index (χ2v) is 6.35. The molecule has 2 radical (unpaired) electrons. The normalized spacial score (nSPS) is 10.1. The van der Waals surface area contributed by atoms with Crippen LogP contribution in [0.25, 0.3) is 0 Å². The van der Waals surface area contributed by atoms with Gasteiger partial charge in [-0.25, -0.2) is 0 Å². The summed E-state index contributed by atoms with van der Waals surface area (Å²) in [4.78, 5) is 48.0. The van der Waals surface area contributed by atoms with Gasteiger partial charge in [0.15, 0.2) is 0 Å². The van der Waals surface area contributed by atoms with E-state index < -0.39 is 22.6 Å². The molecule has 0 aliphatic rings. The lowest BCUT2D eigenvalue weighted by Gasteiger charge is -2.20. The molecule has 0 spiro atoms. The highest BCUT2D eigenvalue weighted by atomic mass is 32.1. The second kappa shape index (κ2) is 9.43. The van der Waals surface area contributed by atoms with Crippen LogP contribution in [0.3, 0.4) is 0 Å². The number of thiophene rings is 1. The fourth-order valence-electron chi connectivity index (χ4n) is 2.18. The molecule has 0 saturated heterocycles. The van der Waals surface area contributed by atoms with Crippen LogP contribution in [0, 0.1) is 10.1 Å². The molecule has 1 aromatic carbocycles. The van der Waals surface area contributed by atoms with E-state index in [2.05, 4.69) is 10.9 Å². The molecule has 0 fully saturated rings. The van der Waals surface area contributed by atoms with Crippen LogP contribution in [0.5, 0.6) is 0 Å². The first-order valence-electron chi connectivity index (χ1n) is 7.98. The summed E-state index contributed by atoms with van der Waals surface area (Å²) in [6.45, 7) is 1.78. The van der Waals surface area contributed by atoms with E-state index >= 15 is 0 Å². The first-order valence-corrected chi connectivity index (χ1v) is 8.86. The van der Waals surface area contributed by atoms with Crippen molar-refractivity contribution in [3.63, 3.8) is 0 Å². The summed E-state index contributed by atoms with van der Waals surface area (Å²) in [7, 11) is 0. The summed E-state index contributed by atoms with van der Waals surface area (Å²) in [6.07, 6.45) is 0.595. The third kappa shape index (κ3) is 5.61. The van der Waals surface area contributed by atoms with Crippen molar-refractivity contribution in [2.75, 3.05) is 13.1 Å². The van der Waals surface area contributed by atoms with E-state index in [1.807, 2.05) is 6.92 Å². The lowest BCUT2D eigenvalue weighted by atomic mass is 10.1. The van der Waals surface area contributed by atoms with Gasteiger partial charge in [-0.3, -0.25) is 24.5 Å². The van der Waals surface area contributed by atoms with Crippen LogP contribution in [-0.2, 0) is 4.79 Å². The summed E-state index contributed by atoms with van der Waals surface area (Å²) in [5, 5.41) is 12.4. The van der Waals surface area contributed by atoms with Crippen LogP contribution in [-0.4, -0.2) is 40.6 Å². The zero-order chi connectivity index (χ0) is 19.8. The molecule has 2 aromatic rings. The topological polar surface area (TPSA) is 126 Å². The zero-order valence-electron chi connectivity index (χ0n) is 14.4. The van der Waals surface area contributed by atoms with Crippen molar-refractivity contribution in [2.24, 2.45) is 0 Å². The SMILES string of the molecule is CCCN(CC(=O)[N][N]C(=O)c1cccs1)C(=O)c1ccc([N+](=O)[O-])cc1. The molecule has 1 heterocycles. The Morgan fingerprint density at radius 3 is 2.41 bits per heavy atom. The van der Waals surface area contributed by atoms with E-state index in [0.717, 1.165) is 0 Å². The molecule has 3 amide bonds. The Hall–Kier alpha value is -3.27. The maximum atomic E-state index is 12.5. The monoisotopic (exact) mass is 388 g/mol. The van der Waals surface area contributed by atoms with Crippen molar-refractivity contribution < 1.29 is 19.3 Å². The van der Waals surface area contributed by atoms with Crippen molar-refractivity contribution in [1.82, 2.24) is 15.8 Å². The molecule has 9 nitrogen and oxygen atoms in total. The Kier molecular flexibility index (Phi) is 7.00. The molecular weight excluding hydrogens is 372 g/mol. The van der Waals surface area contributed by atoms with Crippen LogP contribution in [0.1, 0.15) is 33.4 Å². The summed E-state index contributed by atoms with van der Waals surface area (Å²) in [5.41, 5.74) is 6.83. The maximum Gasteiger partial charge on any atom is 0.305 e. The van der Waals surface area contributed by atoms with Gasteiger partial charge in [0.05, 0.1) is 9.80 Å². The van der Waals surface area contributed by atoms with Crippen LogP contribution in [0.2, 0.25) is 0 Å². The minimum atomic E-state index is -0.733. The molecule has 2 rings (SSSR count). The van der Waals surface area contributed by atoms with Gasteiger partial charge in [-0.1, -0.05) is 13.0 Å². The molecule has 0 atom stereocenters. The fourth-order valence-corrected chi connectivity index (χ4v) is 2.78. The Balaban J connectivity index is 1.96. The van der Waals surface area contributed by atoms with E-state index in [0.29, 0.717) is 11.3 Å². The van der Waals surface area contributed by atoms with Gasteiger partial charge >= 0.3 is 5.91 Å². The van der Waals surface area contributed by atoms with Gasteiger partial charge in [0, 0.05) is 24.2 Å². The number of nitrogens with zero attached hydrogens (tertiary/aromatic N) is 4. The van der Waals surface area contributed by atoms with Crippen LogP contribution in [0.15, 0.2) is 41.8 Å². The highest BCUT2D eigenvalue weighted by Crippen LogP contribution is 2.14. The Morgan fingerprint density at radius 2 is 1.85 bits per heavy atom. The van der Waals surface area contributed by atoms with Crippen molar-refractivity contribution in [2.45, 2.75) is 13.3 Å². The quantitative estimate of drug-likeness (QED) is 0.530. The third-order valence-electron chi connectivity index (χ3n) is 3.42. The Morgan fingerprint density at radius 1 is 1.15 bits per heavy atom. The number of non-ortho nitro benzene ring substituents is 1. The first-order chi connectivity index (χ1) is 12.9. The lowest BCUT2D eigenvalue weighted by molar-refractivity contribution is -0.384. The van der Waals surface area contributed by atoms with Gasteiger partial charge in [-0.2, -0.15) is 0 Å². The lowest BCUT2D eigenvalue weighted by Crippen LogP contribution is -2.41. The van der Waals surface area contributed by atoms with Gasteiger partial charge in [-0.15, -0.1) is 22.2 Å². The molecule has 0 N–H and O–H groups in total. The number of carbonyl (C=O) groups is 3. The molecule has 140 valence electrons. The standard InChI is InChI=1S/C17H16N4O5S/c1-2-9-20(17(24)12-5-7-13(8-6-12)21(25)26)11-15(22)18-19-16(23)14-4-3-10-27-14/h3-8,10H,2,9,11H2,1H3. The number of benzene rings is 1. The van der Waals surface area contributed by atoms with Crippen LogP contribution >= 0.6 is 11.3 Å². The van der Waals surface area contributed by atoms with Gasteiger partial charge < -0.3 is 4.90 Å². The minimum Gasteiger partial charge on any atom is -0.329 e. The smallest absolute Gasteiger partial charge is 0.305 e. The Bertz CT molecular complexity index is 820. The van der Waals surface area contributed by atoms with Crippen molar-refractivity contribution in [1.29, 1.82) is 0 Å². The van der Waals surface area contributed by atoms with E-state index in [1.54, 1.807) is 17.5 Å².